The molecule has 0 radical (unpaired) electrons. The van der Waals surface area contributed by atoms with Crippen LogP contribution in [0.5, 0.6) is 5.75 Å². The number of hydrogen-bond acceptors (Lipinski definition) is 4. The van der Waals surface area contributed by atoms with Crippen LogP contribution < -0.4 is 4.74 Å². The Balaban J connectivity index is 1.65. The second-order valence-corrected chi connectivity index (χ2v) is 5.51. The summed E-state index contributed by atoms with van der Waals surface area (Å²) in [5, 5.41) is 10.5. The van der Waals surface area contributed by atoms with Crippen LogP contribution in [0.1, 0.15) is 23.7 Å². The van der Waals surface area contributed by atoms with Crippen molar-refractivity contribution in [3.63, 3.8) is 0 Å². The Morgan fingerprint density at radius 2 is 2.38 bits per heavy atom. The highest BCUT2D eigenvalue weighted by atomic mass is 16.5. The lowest BCUT2D eigenvalue weighted by Gasteiger charge is -2.35. The number of aromatic amines is 1. The number of hydrogen-bond donors (Lipinski definition) is 2. The van der Waals surface area contributed by atoms with Crippen molar-refractivity contribution in [1.82, 2.24) is 14.9 Å². The topological polar surface area (TPSA) is 61.4 Å². The summed E-state index contributed by atoms with van der Waals surface area (Å²) in [7, 11) is 1.67. The zero-order valence-corrected chi connectivity index (χ0v) is 12.2. The first-order valence-corrected chi connectivity index (χ1v) is 7.29. The van der Waals surface area contributed by atoms with Gasteiger partial charge in [0.05, 0.1) is 19.8 Å². The average molecular weight is 287 g/mol. The molecule has 112 valence electrons. The lowest BCUT2D eigenvalue weighted by Crippen LogP contribution is -2.42. The Morgan fingerprint density at radius 1 is 1.48 bits per heavy atom. The van der Waals surface area contributed by atoms with Gasteiger partial charge in [-0.1, -0.05) is 12.1 Å². The number of piperidine rings is 1. The third-order valence-electron chi connectivity index (χ3n) is 4.12. The van der Waals surface area contributed by atoms with Crippen LogP contribution in [0.25, 0.3) is 0 Å². The number of aliphatic hydroxyl groups is 1. The summed E-state index contributed by atoms with van der Waals surface area (Å²) < 4.78 is 5.27. The zero-order valence-electron chi connectivity index (χ0n) is 12.2. The van der Waals surface area contributed by atoms with Crippen molar-refractivity contribution in [3.05, 3.63) is 48.0 Å². The Kier molecular flexibility index (Phi) is 4.22. The van der Waals surface area contributed by atoms with Crippen molar-refractivity contribution in [2.75, 3.05) is 20.2 Å². The summed E-state index contributed by atoms with van der Waals surface area (Å²) in [5.74, 6) is 1.97. The van der Waals surface area contributed by atoms with Crippen LogP contribution >= 0.6 is 0 Å². The molecule has 5 heteroatoms. The number of aliphatic hydroxyl groups excluding tert-OH is 1. The number of β-amino-alcohol motifs (C(OH)–C–C–N with tert-alkyl or cyclic N) is 1. The molecule has 21 heavy (non-hydrogen) atoms. The Bertz CT molecular complexity index is 571. The number of methoxy groups -OCH3 is 1. The minimum atomic E-state index is -0.360. The van der Waals surface area contributed by atoms with Crippen molar-refractivity contribution < 1.29 is 9.84 Å². The first-order valence-electron chi connectivity index (χ1n) is 7.29. The number of likely N-dealkylation sites (tertiary alicyclic amines) is 1. The minimum Gasteiger partial charge on any atom is -0.497 e. The van der Waals surface area contributed by atoms with Crippen LogP contribution in [0.2, 0.25) is 0 Å². The largest absolute Gasteiger partial charge is 0.497 e. The molecule has 2 atom stereocenters. The van der Waals surface area contributed by atoms with Crippen LogP contribution in [0.3, 0.4) is 0 Å². The highest BCUT2D eigenvalue weighted by molar-refractivity contribution is 5.31. The fourth-order valence-electron chi connectivity index (χ4n) is 3.00. The van der Waals surface area contributed by atoms with Gasteiger partial charge >= 0.3 is 0 Å². The number of benzene rings is 1. The summed E-state index contributed by atoms with van der Waals surface area (Å²) in [5.41, 5.74) is 1.15. The van der Waals surface area contributed by atoms with E-state index in [1.807, 2.05) is 24.4 Å². The molecule has 0 spiro atoms. The van der Waals surface area contributed by atoms with E-state index < -0.39 is 0 Å². The van der Waals surface area contributed by atoms with Gasteiger partial charge in [0.2, 0.25) is 0 Å². The molecule has 0 unspecified atom stereocenters. The van der Waals surface area contributed by atoms with Crippen LogP contribution in [0, 0.1) is 0 Å². The molecule has 2 aromatic rings. The van der Waals surface area contributed by atoms with Gasteiger partial charge in [0.15, 0.2) is 0 Å². The van der Waals surface area contributed by atoms with E-state index in [0.717, 1.165) is 36.6 Å². The summed E-state index contributed by atoms with van der Waals surface area (Å²) in [6.45, 7) is 2.39. The monoisotopic (exact) mass is 287 g/mol. The van der Waals surface area contributed by atoms with E-state index in [-0.39, 0.29) is 12.0 Å². The molecule has 1 aromatic heterocycles. The fraction of sp³-hybridized carbons (Fsp3) is 0.438. The second kappa shape index (κ2) is 6.28. The van der Waals surface area contributed by atoms with Gasteiger partial charge in [-0.25, -0.2) is 4.98 Å². The van der Waals surface area contributed by atoms with Crippen molar-refractivity contribution in [2.45, 2.75) is 25.0 Å². The second-order valence-electron chi connectivity index (χ2n) is 5.51. The molecule has 0 aliphatic carbocycles. The maximum Gasteiger partial charge on any atom is 0.120 e. The average Bonchev–Trinajstić information content (AvgIpc) is 3.00. The lowest BCUT2D eigenvalue weighted by molar-refractivity contribution is 0.0466. The first kappa shape index (κ1) is 14.1. The van der Waals surface area contributed by atoms with E-state index in [0.29, 0.717) is 6.54 Å². The van der Waals surface area contributed by atoms with Crippen molar-refractivity contribution in [1.29, 1.82) is 0 Å². The molecule has 0 amide bonds. The van der Waals surface area contributed by atoms with E-state index in [9.17, 15) is 5.11 Å². The SMILES string of the molecule is COc1cccc([C@@H]2CCN(Cc3ncc[nH]3)C[C@H]2O)c1. The highest BCUT2D eigenvalue weighted by Gasteiger charge is 2.29. The van der Waals surface area contributed by atoms with Gasteiger partial charge < -0.3 is 14.8 Å². The van der Waals surface area contributed by atoms with Crippen LogP contribution in [-0.2, 0) is 6.54 Å². The molecule has 0 saturated carbocycles. The number of nitrogens with one attached hydrogen (secondary N) is 1. The van der Waals surface area contributed by atoms with Crippen molar-refractivity contribution >= 4 is 0 Å². The summed E-state index contributed by atoms with van der Waals surface area (Å²) in [6, 6.07) is 8.01. The molecule has 1 aliphatic rings. The van der Waals surface area contributed by atoms with Crippen LogP contribution in [0.4, 0.5) is 0 Å². The molecular formula is C16H21N3O2. The molecule has 1 fully saturated rings. The van der Waals surface area contributed by atoms with Gasteiger partial charge in [-0.15, -0.1) is 0 Å². The molecular weight excluding hydrogens is 266 g/mol. The number of ether oxygens (including phenoxy) is 1. The molecule has 1 aromatic carbocycles. The molecule has 0 bridgehead atoms. The number of H-pyrrole nitrogens is 1. The minimum absolute atomic E-state index is 0.174. The predicted molar refractivity (Wildman–Crippen MR) is 80.2 cm³/mol. The van der Waals surface area contributed by atoms with Gasteiger partial charge in [0.25, 0.3) is 0 Å². The number of nitrogens with zero attached hydrogens (tertiary/aromatic N) is 2. The standard InChI is InChI=1S/C16H21N3O2/c1-21-13-4-2-3-12(9-13)14-5-8-19(10-15(14)20)11-16-17-6-7-18-16/h2-4,6-7,9,14-15,20H,5,8,10-11H2,1H3,(H,17,18)/t14-,15+/m0/s1. The Hall–Kier alpha value is -1.85. The number of imidazole rings is 1. The van der Waals surface area contributed by atoms with Gasteiger partial charge in [0, 0.05) is 24.9 Å². The molecule has 5 nitrogen and oxygen atoms in total. The van der Waals surface area contributed by atoms with E-state index in [4.69, 9.17) is 4.74 Å². The normalized spacial score (nSPS) is 23.1. The third kappa shape index (κ3) is 3.25. The van der Waals surface area contributed by atoms with Crippen molar-refractivity contribution in [2.24, 2.45) is 0 Å². The Morgan fingerprint density at radius 3 is 3.10 bits per heavy atom. The fourth-order valence-corrected chi connectivity index (χ4v) is 3.00. The van der Waals surface area contributed by atoms with E-state index >= 15 is 0 Å². The first-order chi connectivity index (χ1) is 10.3. The van der Waals surface area contributed by atoms with Gasteiger partial charge in [0.1, 0.15) is 11.6 Å². The Labute approximate surface area is 124 Å². The van der Waals surface area contributed by atoms with Gasteiger partial charge in [-0.05, 0) is 30.7 Å². The molecule has 2 N–H and O–H groups in total. The van der Waals surface area contributed by atoms with Gasteiger partial charge in [-0.2, -0.15) is 0 Å². The molecule has 2 heterocycles. The molecule has 3 rings (SSSR count). The van der Waals surface area contributed by atoms with Crippen molar-refractivity contribution in [3.8, 4) is 5.75 Å². The molecule has 1 aliphatic heterocycles. The molecule has 1 saturated heterocycles. The third-order valence-corrected chi connectivity index (χ3v) is 4.12. The maximum absolute atomic E-state index is 10.5. The summed E-state index contributed by atoms with van der Waals surface area (Å²) in [6.07, 6.45) is 4.17. The van der Waals surface area contributed by atoms with Gasteiger partial charge in [-0.3, -0.25) is 4.90 Å². The highest BCUT2D eigenvalue weighted by Crippen LogP contribution is 2.30. The number of rotatable bonds is 4. The lowest BCUT2D eigenvalue weighted by atomic mass is 9.87. The summed E-state index contributed by atoms with van der Waals surface area (Å²) >= 11 is 0. The van der Waals surface area contributed by atoms with Crippen LogP contribution in [-0.4, -0.2) is 46.3 Å². The zero-order chi connectivity index (χ0) is 14.7. The smallest absolute Gasteiger partial charge is 0.120 e. The van der Waals surface area contributed by atoms with E-state index in [1.54, 1.807) is 13.3 Å². The summed E-state index contributed by atoms with van der Waals surface area (Å²) in [4.78, 5) is 9.58. The van der Waals surface area contributed by atoms with E-state index in [1.165, 1.54) is 0 Å². The van der Waals surface area contributed by atoms with Crippen LogP contribution in [0.15, 0.2) is 36.7 Å². The number of aromatic nitrogens is 2. The quantitative estimate of drug-likeness (QED) is 0.899. The van der Waals surface area contributed by atoms with E-state index in [2.05, 4.69) is 20.9 Å². The maximum atomic E-state index is 10.5. The predicted octanol–water partition coefficient (Wildman–Crippen LogP) is 1.77.